The van der Waals surface area contributed by atoms with Crippen molar-refractivity contribution in [2.45, 2.75) is 20.8 Å². The zero-order chi connectivity index (χ0) is 18.0. The smallest absolute Gasteiger partial charge is 0.341 e. The first-order valence-electron chi connectivity index (χ1n) is 8.09. The molecule has 0 fully saturated rings. The third-order valence-electron chi connectivity index (χ3n) is 3.96. The third-order valence-corrected chi connectivity index (χ3v) is 4.81. The average Bonchev–Trinajstić information content (AvgIpc) is 2.58. The van der Waals surface area contributed by atoms with Gasteiger partial charge in [0.25, 0.3) is 0 Å². The quantitative estimate of drug-likeness (QED) is 0.586. The summed E-state index contributed by atoms with van der Waals surface area (Å²) in [7, 11) is 0. The van der Waals surface area contributed by atoms with Crippen molar-refractivity contribution < 1.29 is 9.53 Å². The van der Waals surface area contributed by atoms with E-state index in [1.165, 1.54) is 0 Å². The Bertz CT molecular complexity index is 954. The number of rotatable bonds is 4. The summed E-state index contributed by atoms with van der Waals surface area (Å²) in [5.41, 5.74) is 5.10. The van der Waals surface area contributed by atoms with Crippen LogP contribution in [0, 0.1) is 13.8 Å². The van der Waals surface area contributed by atoms with E-state index in [-0.39, 0.29) is 5.97 Å². The summed E-state index contributed by atoms with van der Waals surface area (Å²) in [5, 5.41) is 4.27. The van der Waals surface area contributed by atoms with Crippen LogP contribution in [0.5, 0.6) is 0 Å². The SMILES string of the molecule is CCOC(=O)c1cnc2ccc(C)cc2c1Nc1ccc(C)c(Br)c1. The maximum absolute atomic E-state index is 12.4. The highest BCUT2D eigenvalue weighted by Gasteiger charge is 2.17. The number of nitrogens with zero attached hydrogens (tertiary/aromatic N) is 1. The van der Waals surface area contributed by atoms with Gasteiger partial charge in [-0.15, -0.1) is 0 Å². The lowest BCUT2D eigenvalue weighted by Gasteiger charge is -2.15. The molecular formula is C20H19BrN2O2. The number of fused-ring (bicyclic) bond motifs is 1. The van der Waals surface area contributed by atoms with Crippen LogP contribution in [0.3, 0.4) is 0 Å². The largest absolute Gasteiger partial charge is 0.462 e. The van der Waals surface area contributed by atoms with Crippen molar-refractivity contribution in [2.75, 3.05) is 11.9 Å². The van der Waals surface area contributed by atoms with E-state index < -0.39 is 0 Å². The molecule has 0 saturated carbocycles. The van der Waals surface area contributed by atoms with Crippen molar-refractivity contribution in [1.29, 1.82) is 0 Å². The molecule has 3 rings (SSSR count). The molecule has 4 nitrogen and oxygen atoms in total. The number of hydrogen-bond acceptors (Lipinski definition) is 4. The summed E-state index contributed by atoms with van der Waals surface area (Å²) in [6.45, 7) is 6.16. The Balaban J connectivity index is 2.17. The zero-order valence-electron chi connectivity index (χ0n) is 14.4. The van der Waals surface area contributed by atoms with Gasteiger partial charge >= 0.3 is 5.97 Å². The molecule has 0 radical (unpaired) electrons. The molecular weight excluding hydrogens is 380 g/mol. The second-order valence-corrected chi connectivity index (χ2v) is 6.73. The predicted molar refractivity (Wildman–Crippen MR) is 105 cm³/mol. The monoisotopic (exact) mass is 398 g/mol. The van der Waals surface area contributed by atoms with Gasteiger partial charge in [-0.2, -0.15) is 0 Å². The maximum Gasteiger partial charge on any atom is 0.341 e. The van der Waals surface area contributed by atoms with Crippen LogP contribution in [0.15, 0.2) is 47.1 Å². The lowest BCUT2D eigenvalue weighted by Crippen LogP contribution is -2.09. The molecule has 1 aromatic heterocycles. The van der Waals surface area contributed by atoms with E-state index in [0.29, 0.717) is 17.9 Å². The highest BCUT2D eigenvalue weighted by atomic mass is 79.9. The summed E-state index contributed by atoms with van der Waals surface area (Å²) in [5.74, 6) is -0.382. The van der Waals surface area contributed by atoms with Gasteiger partial charge in [0, 0.05) is 21.7 Å². The van der Waals surface area contributed by atoms with Crippen molar-refractivity contribution in [1.82, 2.24) is 4.98 Å². The van der Waals surface area contributed by atoms with Gasteiger partial charge in [-0.25, -0.2) is 4.79 Å². The number of carbonyl (C=O) groups is 1. The first-order valence-corrected chi connectivity index (χ1v) is 8.88. The van der Waals surface area contributed by atoms with Crippen LogP contribution < -0.4 is 5.32 Å². The summed E-state index contributed by atoms with van der Waals surface area (Å²) >= 11 is 3.55. The first-order chi connectivity index (χ1) is 12.0. The molecule has 0 unspecified atom stereocenters. The Morgan fingerprint density at radius 3 is 2.72 bits per heavy atom. The molecule has 2 aromatic carbocycles. The van der Waals surface area contributed by atoms with Gasteiger partial charge in [-0.1, -0.05) is 33.6 Å². The Morgan fingerprint density at radius 1 is 1.20 bits per heavy atom. The van der Waals surface area contributed by atoms with Crippen LogP contribution in [-0.2, 0) is 4.74 Å². The number of pyridine rings is 1. The predicted octanol–water partition coefficient (Wildman–Crippen LogP) is 5.53. The summed E-state index contributed by atoms with van der Waals surface area (Å²) < 4.78 is 6.20. The van der Waals surface area contributed by atoms with Crippen LogP contribution in [0.4, 0.5) is 11.4 Å². The van der Waals surface area contributed by atoms with Crippen LogP contribution in [0.1, 0.15) is 28.4 Å². The van der Waals surface area contributed by atoms with Gasteiger partial charge in [0.2, 0.25) is 0 Å². The highest BCUT2D eigenvalue weighted by Crippen LogP contribution is 2.31. The number of anilines is 2. The Labute approximate surface area is 155 Å². The molecule has 0 amide bonds. The van der Waals surface area contributed by atoms with E-state index in [1.807, 2.05) is 50.2 Å². The molecule has 128 valence electrons. The van der Waals surface area contributed by atoms with Crippen LogP contribution in [0.25, 0.3) is 10.9 Å². The number of carbonyl (C=O) groups excluding carboxylic acids is 1. The third kappa shape index (κ3) is 3.66. The van der Waals surface area contributed by atoms with Gasteiger partial charge < -0.3 is 10.1 Å². The first kappa shape index (κ1) is 17.4. The summed E-state index contributed by atoms with van der Waals surface area (Å²) in [6.07, 6.45) is 1.57. The minimum atomic E-state index is -0.382. The summed E-state index contributed by atoms with van der Waals surface area (Å²) in [6, 6.07) is 12.0. The number of nitrogens with one attached hydrogen (secondary N) is 1. The van der Waals surface area contributed by atoms with Crippen molar-refractivity contribution in [3.05, 3.63) is 63.8 Å². The minimum Gasteiger partial charge on any atom is -0.462 e. The number of aromatic nitrogens is 1. The van der Waals surface area contributed by atoms with Crippen LogP contribution in [0.2, 0.25) is 0 Å². The number of hydrogen-bond donors (Lipinski definition) is 1. The second-order valence-electron chi connectivity index (χ2n) is 5.88. The van der Waals surface area contributed by atoms with Crippen LogP contribution in [-0.4, -0.2) is 17.6 Å². The molecule has 0 spiro atoms. The van der Waals surface area contributed by atoms with E-state index in [1.54, 1.807) is 13.1 Å². The zero-order valence-corrected chi connectivity index (χ0v) is 16.0. The number of benzene rings is 2. The topological polar surface area (TPSA) is 51.2 Å². The van der Waals surface area contributed by atoms with E-state index in [0.717, 1.165) is 32.2 Å². The van der Waals surface area contributed by atoms with E-state index >= 15 is 0 Å². The van der Waals surface area contributed by atoms with Gasteiger partial charge in [0.15, 0.2) is 0 Å². The van der Waals surface area contributed by atoms with Crippen molar-refractivity contribution in [2.24, 2.45) is 0 Å². The van der Waals surface area contributed by atoms with Crippen LogP contribution >= 0.6 is 15.9 Å². The van der Waals surface area contributed by atoms with Gasteiger partial charge in [-0.3, -0.25) is 4.98 Å². The molecule has 0 aliphatic rings. The molecule has 0 aliphatic carbocycles. The molecule has 0 atom stereocenters. The van der Waals surface area contributed by atoms with E-state index in [2.05, 4.69) is 26.2 Å². The molecule has 3 aromatic rings. The molecule has 0 saturated heterocycles. The fraction of sp³-hybridized carbons (Fsp3) is 0.200. The lowest BCUT2D eigenvalue weighted by atomic mass is 10.1. The van der Waals surface area contributed by atoms with Crippen molar-refractivity contribution >= 4 is 44.2 Å². The molecule has 1 N–H and O–H groups in total. The normalized spacial score (nSPS) is 10.7. The van der Waals surface area contributed by atoms with E-state index in [9.17, 15) is 4.79 Å². The second kappa shape index (κ2) is 7.23. The Kier molecular flexibility index (Phi) is 5.04. The highest BCUT2D eigenvalue weighted by molar-refractivity contribution is 9.10. The molecule has 0 aliphatic heterocycles. The van der Waals surface area contributed by atoms with E-state index in [4.69, 9.17) is 4.74 Å². The summed E-state index contributed by atoms with van der Waals surface area (Å²) in [4.78, 5) is 16.8. The molecule has 0 bridgehead atoms. The standard InChI is InChI=1S/C20H19BrN2O2/c1-4-25-20(24)16-11-22-18-8-5-12(2)9-15(18)19(16)23-14-7-6-13(3)17(21)10-14/h5-11H,4H2,1-3H3,(H,22,23). The van der Waals surface area contributed by atoms with Gasteiger partial charge in [0.1, 0.15) is 5.56 Å². The molecule has 1 heterocycles. The molecule has 25 heavy (non-hydrogen) atoms. The van der Waals surface area contributed by atoms with Gasteiger partial charge in [0.05, 0.1) is 17.8 Å². The fourth-order valence-corrected chi connectivity index (χ4v) is 3.00. The van der Waals surface area contributed by atoms with Crippen molar-refractivity contribution in [3.63, 3.8) is 0 Å². The number of ether oxygens (including phenoxy) is 1. The fourth-order valence-electron chi connectivity index (χ4n) is 2.62. The number of halogens is 1. The Hall–Kier alpha value is -2.40. The Morgan fingerprint density at radius 2 is 2.00 bits per heavy atom. The minimum absolute atomic E-state index is 0.320. The van der Waals surface area contributed by atoms with Crippen molar-refractivity contribution in [3.8, 4) is 0 Å². The maximum atomic E-state index is 12.4. The number of aryl methyl sites for hydroxylation is 2. The molecule has 5 heteroatoms. The van der Waals surface area contributed by atoms with Gasteiger partial charge in [-0.05, 0) is 50.6 Å². The lowest BCUT2D eigenvalue weighted by molar-refractivity contribution is 0.0527. The number of esters is 1. The average molecular weight is 399 g/mol.